The highest BCUT2D eigenvalue weighted by Crippen LogP contribution is 2.39. The Hall–Kier alpha value is -4.30. The first-order valence-corrected chi connectivity index (χ1v) is 16.5. The molecule has 0 spiro atoms. The highest BCUT2D eigenvalue weighted by atomic mass is 16.5. The highest BCUT2D eigenvalue weighted by Gasteiger charge is 2.46. The summed E-state index contributed by atoms with van der Waals surface area (Å²) < 4.78 is 12.3. The number of aryl methyl sites for hydroxylation is 3. The Bertz CT molecular complexity index is 1630. The van der Waals surface area contributed by atoms with Gasteiger partial charge in [0.25, 0.3) is 5.91 Å². The Balaban J connectivity index is 1.23. The summed E-state index contributed by atoms with van der Waals surface area (Å²) in [7, 11) is 0. The molecule has 8 heteroatoms. The van der Waals surface area contributed by atoms with Crippen LogP contribution < -0.4 is 14.8 Å². The molecule has 46 heavy (non-hydrogen) atoms. The zero-order valence-corrected chi connectivity index (χ0v) is 27.3. The summed E-state index contributed by atoms with van der Waals surface area (Å²) in [5, 5.41) is 13.6. The van der Waals surface area contributed by atoms with Crippen LogP contribution in [0.1, 0.15) is 52.6 Å². The van der Waals surface area contributed by atoms with Gasteiger partial charge in [0.15, 0.2) is 0 Å². The van der Waals surface area contributed by atoms with Gasteiger partial charge in [-0.05, 0) is 98.0 Å². The van der Waals surface area contributed by atoms with E-state index >= 15 is 0 Å². The van der Waals surface area contributed by atoms with E-state index in [0.717, 1.165) is 58.6 Å². The lowest BCUT2D eigenvalue weighted by molar-refractivity contribution is -0.129. The van der Waals surface area contributed by atoms with Crippen LogP contribution in [0, 0.1) is 27.7 Å². The van der Waals surface area contributed by atoms with Gasteiger partial charge in [-0.3, -0.25) is 9.69 Å². The maximum absolute atomic E-state index is 14.5. The van der Waals surface area contributed by atoms with Crippen LogP contribution in [0.5, 0.6) is 11.5 Å². The van der Waals surface area contributed by atoms with E-state index in [4.69, 9.17) is 9.47 Å². The van der Waals surface area contributed by atoms with E-state index in [1.54, 1.807) is 0 Å². The molecule has 2 N–H and O–H groups in total. The number of carbonyl (C=O) groups is 2. The molecule has 3 aromatic carbocycles. The van der Waals surface area contributed by atoms with Crippen LogP contribution in [0.25, 0.3) is 5.57 Å². The van der Waals surface area contributed by atoms with Crippen molar-refractivity contribution in [3.05, 3.63) is 99.6 Å². The van der Waals surface area contributed by atoms with Crippen LogP contribution in [-0.2, 0) is 11.2 Å². The van der Waals surface area contributed by atoms with Crippen molar-refractivity contribution >= 4 is 17.6 Å². The number of carboxylic acid groups (broad SMARTS) is 1. The first kappa shape index (κ1) is 31.7. The van der Waals surface area contributed by atoms with E-state index in [0.29, 0.717) is 44.8 Å². The van der Waals surface area contributed by atoms with Gasteiger partial charge in [-0.1, -0.05) is 48.5 Å². The number of nitrogens with zero attached hydrogens (tertiary/aromatic N) is 2. The number of benzene rings is 3. The minimum absolute atomic E-state index is 0.0786. The molecule has 2 heterocycles. The van der Waals surface area contributed by atoms with Gasteiger partial charge >= 0.3 is 6.09 Å². The fourth-order valence-electron chi connectivity index (χ4n) is 6.88. The smallest absolute Gasteiger partial charge is 0.408 e. The largest absolute Gasteiger partial charge is 0.493 e. The Morgan fingerprint density at radius 2 is 1.70 bits per heavy atom. The Labute approximate surface area is 272 Å². The highest BCUT2D eigenvalue weighted by molar-refractivity contribution is 6.04. The SMILES string of the molecule is Cc1cccc(OCCN(C(=O)C2=C(c3ccc(CCOc4c(C)ccc(C)c4C)cc3)C[C@@H]3CNC[C@H]2N3C(=O)O)C2CC2)c1. The lowest BCUT2D eigenvalue weighted by atomic mass is 9.81. The molecule has 3 aliphatic rings. The molecule has 0 aromatic heterocycles. The summed E-state index contributed by atoms with van der Waals surface area (Å²) >= 11 is 0. The monoisotopic (exact) mass is 623 g/mol. The maximum atomic E-state index is 14.5. The molecule has 0 radical (unpaired) electrons. The van der Waals surface area contributed by atoms with Gasteiger partial charge in [-0.15, -0.1) is 0 Å². The van der Waals surface area contributed by atoms with Crippen molar-refractivity contribution < 1.29 is 24.2 Å². The van der Waals surface area contributed by atoms with E-state index in [1.165, 1.54) is 16.0 Å². The normalized spacial score (nSPS) is 19.2. The fraction of sp³-hybridized carbons (Fsp3) is 0.421. The molecule has 1 saturated heterocycles. The number of fused-ring (bicyclic) bond motifs is 2. The summed E-state index contributed by atoms with van der Waals surface area (Å²) in [4.78, 5) is 30.4. The second-order valence-electron chi connectivity index (χ2n) is 13.0. The summed E-state index contributed by atoms with van der Waals surface area (Å²) in [5.41, 5.74) is 8.33. The molecule has 1 saturated carbocycles. The predicted octanol–water partition coefficient (Wildman–Crippen LogP) is 6.09. The Morgan fingerprint density at radius 1 is 0.935 bits per heavy atom. The van der Waals surface area contributed by atoms with Crippen LogP contribution in [0.3, 0.4) is 0 Å². The zero-order valence-electron chi connectivity index (χ0n) is 27.3. The van der Waals surface area contributed by atoms with Gasteiger partial charge in [0, 0.05) is 31.1 Å². The molecule has 3 aromatic rings. The van der Waals surface area contributed by atoms with Crippen molar-refractivity contribution in [1.29, 1.82) is 0 Å². The van der Waals surface area contributed by atoms with Crippen LogP contribution in [0.4, 0.5) is 4.79 Å². The van der Waals surface area contributed by atoms with Crippen LogP contribution in [0.2, 0.25) is 0 Å². The van der Waals surface area contributed by atoms with Crippen molar-refractivity contribution in [2.75, 3.05) is 32.8 Å². The maximum Gasteiger partial charge on any atom is 0.408 e. The summed E-state index contributed by atoms with van der Waals surface area (Å²) in [5.74, 6) is 1.66. The topological polar surface area (TPSA) is 91.3 Å². The van der Waals surface area contributed by atoms with E-state index in [9.17, 15) is 14.7 Å². The standard InChI is InChI=1S/C38H45N3O5/c1-24-6-5-7-32(20-24)45-19-17-40(30-14-15-30)37(42)35-33(21-31-22-39-23-34(35)41(31)38(43)44)29-12-10-28(11-13-29)16-18-46-36-26(3)9-8-25(2)27(36)4/h5-13,20,30-31,34,39H,14-19,21-23H2,1-4H3,(H,43,44)/t31-,34-/m1/s1. The van der Waals surface area contributed by atoms with Crippen LogP contribution in [0.15, 0.2) is 66.2 Å². The van der Waals surface area contributed by atoms with Gasteiger partial charge in [0.2, 0.25) is 0 Å². The Kier molecular flexibility index (Phi) is 9.36. The number of hydrogen-bond donors (Lipinski definition) is 2. The van der Waals surface area contributed by atoms with E-state index in [-0.39, 0.29) is 18.0 Å². The number of hydrogen-bond acceptors (Lipinski definition) is 5. The first-order valence-electron chi connectivity index (χ1n) is 16.5. The van der Waals surface area contributed by atoms with E-state index < -0.39 is 12.1 Å². The summed E-state index contributed by atoms with van der Waals surface area (Å²) in [6.45, 7) is 10.7. The van der Waals surface area contributed by atoms with Crippen molar-refractivity contribution in [1.82, 2.24) is 15.1 Å². The second-order valence-corrected chi connectivity index (χ2v) is 13.0. The molecule has 242 valence electrons. The number of piperazine rings is 1. The van der Waals surface area contributed by atoms with Crippen molar-refractivity contribution in [2.24, 2.45) is 0 Å². The number of rotatable bonds is 11. The molecule has 6 rings (SSSR count). The molecule has 2 fully saturated rings. The fourth-order valence-corrected chi connectivity index (χ4v) is 6.88. The third-order valence-corrected chi connectivity index (χ3v) is 9.65. The molecule has 0 unspecified atom stereocenters. The quantitative estimate of drug-likeness (QED) is 0.269. The number of nitrogens with one attached hydrogen (secondary N) is 1. The first-order chi connectivity index (χ1) is 22.2. The van der Waals surface area contributed by atoms with Crippen LogP contribution >= 0.6 is 0 Å². The minimum atomic E-state index is -0.976. The van der Waals surface area contributed by atoms with E-state index in [2.05, 4.69) is 62.5 Å². The van der Waals surface area contributed by atoms with Gasteiger partial charge in [0.1, 0.15) is 18.1 Å². The third kappa shape index (κ3) is 6.77. The van der Waals surface area contributed by atoms with E-state index in [1.807, 2.05) is 36.1 Å². The molecule has 2 atom stereocenters. The Morgan fingerprint density at radius 3 is 2.41 bits per heavy atom. The number of carbonyl (C=O) groups excluding carboxylic acids is 1. The molecule has 2 amide bonds. The minimum Gasteiger partial charge on any atom is -0.493 e. The zero-order chi connectivity index (χ0) is 32.4. The van der Waals surface area contributed by atoms with Crippen molar-refractivity contribution in [2.45, 2.75) is 71.5 Å². The molecule has 1 aliphatic carbocycles. The second kappa shape index (κ2) is 13.6. The van der Waals surface area contributed by atoms with Gasteiger partial charge in [-0.25, -0.2) is 4.79 Å². The summed E-state index contributed by atoms with van der Waals surface area (Å²) in [6.07, 6.45) is 2.17. The van der Waals surface area contributed by atoms with Gasteiger partial charge < -0.3 is 24.8 Å². The lowest BCUT2D eigenvalue weighted by Crippen LogP contribution is -2.63. The molecule has 8 nitrogen and oxygen atoms in total. The molecular formula is C38H45N3O5. The van der Waals surface area contributed by atoms with Crippen LogP contribution in [-0.4, -0.2) is 77.9 Å². The average Bonchev–Trinajstić information content (AvgIpc) is 3.88. The number of ether oxygens (including phenoxy) is 2. The average molecular weight is 624 g/mol. The lowest BCUT2D eigenvalue weighted by Gasteiger charge is -2.47. The molecule has 2 aliphatic heterocycles. The molecule has 2 bridgehead atoms. The molecular weight excluding hydrogens is 578 g/mol. The number of amides is 2. The van der Waals surface area contributed by atoms with Gasteiger partial charge in [-0.2, -0.15) is 0 Å². The van der Waals surface area contributed by atoms with Crippen molar-refractivity contribution in [3.8, 4) is 11.5 Å². The predicted molar refractivity (Wildman–Crippen MR) is 180 cm³/mol. The van der Waals surface area contributed by atoms with Crippen molar-refractivity contribution in [3.63, 3.8) is 0 Å². The van der Waals surface area contributed by atoms with Gasteiger partial charge in [0.05, 0.1) is 25.2 Å². The third-order valence-electron chi connectivity index (χ3n) is 9.65. The summed E-state index contributed by atoms with van der Waals surface area (Å²) in [6, 6.07) is 19.9.